The number of hydrogen-bond acceptors (Lipinski definition) is 4. The molecule has 116 valence electrons. The maximum atomic E-state index is 12.6. The van der Waals surface area contributed by atoms with Gasteiger partial charge in [-0.05, 0) is 29.8 Å². The lowest BCUT2D eigenvalue weighted by molar-refractivity contribution is 0.181. The molecule has 0 radical (unpaired) electrons. The molecule has 1 saturated heterocycles. The number of rotatable bonds is 4. The van der Waals surface area contributed by atoms with E-state index in [4.69, 9.17) is 0 Å². The number of benzene rings is 1. The summed E-state index contributed by atoms with van der Waals surface area (Å²) in [6.45, 7) is 3.38. The molecule has 1 fully saturated rings. The standard InChI is InChI=1S/C16H19N3O2S/c20-22(21,16-4-2-1-3-5-16)19-12-10-18(11-13-19)14-15-6-8-17-9-7-15/h1-9H,10-14H2. The Balaban J connectivity index is 1.62. The third-order valence-electron chi connectivity index (χ3n) is 3.87. The molecular formula is C16H19N3O2S. The van der Waals surface area contributed by atoms with Crippen LogP contribution in [0.5, 0.6) is 0 Å². The molecule has 6 heteroatoms. The van der Waals surface area contributed by atoms with Gasteiger partial charge in [-0.1, -0.05) is 18.2 Å². The molecule has 0 bridgehead atoms. The second-order valence-corrected chi connectivity index (χ2v) is 7.29. The van der Waals surface area contributed by atoms with Crippen LogP contribution in [-0.4, -0.2) is 48.8 Å². The summed E-state index contributed by atoms with van der Waals surface area (Å²) in [5.41, 5.74) is 1.20. The van der Waals surface area contributed by atoms with Crippen LogP contribution in [0.3, 0.4) is 0 Å². The first-order chi connectivity index (χ1) is 10.7. The van der Waals surface area contributed by atoms with Crippen LogP contribution in [0, 0.1) is 0 Å². The molecule has 1 aliphatic heterocycles. The Hall–Kier alpha value is -1.76. The van der Waals surface area contributed by atoms with Gasteiger partial charge in [0, 0.05) is 45.1 Å². The van der Waals surface area contributed by atoms with Crippen molar-refractivity contribution in [1.82, 2.24) is 14.2 Å². The second kappa shape index (κ2) is 6.56. The van der Waals surface area contributed by atoms with E-state index < -0.39 is 10.0 Å². The van der Waals surface area contributed by atoms with Gasteiger partial charge in [0.2, 0.25) is 10.0 Å². The Morgan fingerprint density at radius 3 is 2.18 bits per heavy atom. The number of sulfonamides is 1. The molecule has 1 aliphatic rings. The molecule has 0 atom stereocenters. The predicted molar refractivity (Wildman–Crippen MR) is 84.7 cm³/mol. The Bertz CT molecular complexity index is 697. The molecule has 0 unspecified atom stereocenters. The van der Waals surface area contributed by atoms with Crippen molar-refractivity contribution < 1.29 is 8.42 Å². The maximum absolute atomic E-state index is 12.6. The third kappa shape index (κ3) is 3.35. The molecule has 2 aromatic rings. The Morgan fingerprint density at radius 1 is 0.909 bits per heavy atom. The molecular weight excluding hydrogens is 298 g/mol. The zero-order valence-corrected chi connectivity index (χ0v) is 13.1. The van der Waals surface area contributed by atoms with Crippen LogP contribution in [0.2, 0.25) is 0 Å². The van der Waals surface area contributed by atoms with Crippen molar-refractivity contribution in [3.63, 3.8) is 0 Å². The van der Waals surface area contributed by atoms with E-state index in [1.807, 2.05) is 18.2 Å². The Kier molecular flexibility index (Phi) is 4.52. The topological polar surface area (TPSA) is 53.5 Å². The first kappa shape index (κ1) is 15.1. The highest BCUT2D eigenvalue weighted by atomic mass is 32.2. The number of pyridine rings is 1. The second-order valence-electron chi connectivity index (χ2n) is 5.35. The van der Waals surface area contributed by atoms with Gasteiger partial charge in [-0.25, -0.2) is 8.42 Å². The molecule has 22 heavy (non-hydrogen) atoms. The summed E-state index contributed by atoms with van der Waals surface area (Å²) in [4.78, 5) is 6.65. The minimum Gasteiger partial charge on any atom is -0.296 e. The minimum atomic E-state index is -3.36. The lowest BCUT2D eigenvalue weighted by atomic mass is 10.2. The highest BCUT2D eigenvalue weighted by Crippen LogP contribution is 2.17. The quantitative estimate of drug-likeness (QED) is 0.859. The molecule has 3 rings (SSSR count). The summed E-state index contributed by atoms with van der Waals surface area (Å²) in [5, 5.41) is 0. The van der Waals surface area contributed by atoms with E-state index in [9.17, 15) is 8.42 Å². The number of aromatic nitrogens is 1. The average molecular weight is 317 g/mol. The van der Waals surface area contributed by atoms with Crippen LogP contribution in [0.4, 0.5) is 0 Å². The van der Waals surface area contributed by atoms with Crippen LogP contribution >= 0.6 is 0 Å². The van der Waals surface area contributed by atoms with Crippen LogP contribution in [0.1, 0.15) is 5.56 Å². The maximum Gasteiger partial charge on any atom is 0.243 e. The summed E-state index contributed by atoms with van der Waals surface area (Å²) in [7, 11) is -3.36. The third-order valence-corrected chi connectivity index (χ3v) is 5.78. The molecule has 1 aromatic carbocycles. The number of nitrogens with zero attached hydrogens (tertiary/aromatic N) is 3. The van der Waals surface area contributed by atoms with Crippen molar-refractivity contribution >= 4 is 10.0 Å². The van der Waals surface area contributed by atoms with E-state index in [1.54, 1.807) is 41.0 Å². The van der Waals surface area contributed by atoms with Crippen molar-refractivity contribution in [3.05, 3.63) is 60.4 Å². The first-order valence-electron chi connectivity index (χ1n) is 7.33. The molecule has 0 spiro atoms. The monoisotopic (exact) mass is 317 g/mol. The number of hydrogen-bond donors (Lipinski definition) is 0. The first-order valence-corrected chi connectivity index (χ1v) is 8.77. The zero-order chi connectivity index (χ0) is 15.4. The SMILES string of the molecule is O=S(=O)(c1ccccc1)N1CCN(Cc2ccncc2)CC1. The smallest absolute Gasteiger partial charge is 0.243 e. The predicted octanol–water partition coefficient (Wildman–Crippen LogP) is 1.59. The molecule has 5 nitrogen and oxygen atoms in total. The van der Waals surface area contributed by atoms with E-state index in [0.717, 1.165) is 19.6 Å². The summed E-state index contributed by atoms with van der Waals surface area (Å²) in [6, 6.07) is 12.6. The van der Waals surface area contributed by atoms with Crippen LogP contribution < -0.4 is 0 Å². The van der Waals surface area contributed by atoms with Gasteiger partial charge in [0.25, 0.3) is 0 Å². The van der Waals surface area contributed by atoms with Crippen LogP contribution in [-0.2, 0) is 16.6 Å². The fourth-order valence-electron chi connectivity index (χ4n) is 2.62. The minimum absolute atomic E-state index is 0.373. The van der Waals surface area contributed by atoms with Gasteiger partial charge in [-0.3, -0.25) is 9.88 Å². The van der Waals surface area contributed by atoms with Gasteiger partial charge < -0.3 is 0 Å². The number of piperazine rings is 1. The van der Waals surface area contributed by atoms with Crippen molar-refractivity contribution in [1.29, 1.82) is 0 Å². The lowest BCUT2D eigenvalue weighted by Gasteiger charge is -2.34. The zero-order valence-electron chi connectivity index (χ0n) is 12.3. The summed E-state index contributed by atoms with van der Waals surface area (Å²) >= 11 is 0. The Morgan fingerprint density at radius 2 is 1.55 bits per heavy atom. The average Bonchev–Trinajstić information content (AvgIpc) is 2.57. The van der Waals surface area contributed by atoms with E-state index in [1.165, 1.54) is 5.56 Å². The van der Waals surface area contributed by atoms with Gasteiger partial charge in [0.05, 0.1) is 4.90 Å². The van der Waals surface area contributed by atoms with E-state index >= 15 is 0 Å². The molecule has 2 heterocycles. The van der Waals surface area contributed by atoms with E-state index in [-0.39, 0.29) is 0 Å². The Labute approximate surface area is 131 Å². The summed E-state index contributed by atoms with van der Waals surface area (Å²) in [5.74, 6) is 0. The largest absolute Gasteiger partial charge is 0.296 e. The molecule has 0 amide bonds. The van der Waals surface area contributed by atoms with E-state index in [0.29, 0.717) is 18.0 Å². The summed E-state index contributed by atoms with van der Waals surface area (Å²) < 4.78 is 26.7. The van der Waals surface area contributed by atoms with Gasteiger partial charge in [-0.2, -0.15) is 4.31 Å². The van der Waals surface area contributed by atoms with Crippen LogP contribution in [0.25, 0.3) is 0 Å². The van der Waals surface area contributed by atoms with Crippen molar-refractivity contribution in [2.24, 2.45) is 0 Å². The molecule has 1 aromatic heterocycles. The van der Waals surface area contributed by atoms with Crippen molar-refractivity contribution in [2.45, 2.75) is 11.4 Å². The van der Waals surface area contributed by atoms with E-state index in [2.05, 4.69) is 9.88 Å². The van der Waals surface area contributed by atoms with Crippen molar-refractivity contribution in [2.75, 3.05) is 26.2 Å². The molecule has 0 N–H and O–H groups in total. The highest BCUT2D eigenvalue weighted by molar-refractivity contribution is 7.89. The van der Waals surface area contributed by atoms with Gasteiger partial charge in [0.15, 0.2) is 0 Å². The van der Waals surface area contributed by atoms with Gasteiger partial charge >= 0.3 is 0 Å². The fourth-order valence-corrected chi connectivity index (χ4v) is 4.06. The van der Waals surface area contributed by atoms with Gasteiger partial charge in [-0.15, -0.1) is 0 Å². The highest BCUT2D eigenvalue weighted by Gasteiger charge is 2.28. The van der Waals surface area contributed by atoms with Crippen molar-refractivity contribution in [3.8, 4) is 0 Å². The molecule has 0 aliphatic carbocycles. The lowest BCUT2D eigenvalue weighted by Crippen LogP contribution is -2.48. The van der Waals surface area contributed by atoms with Crippen LogP contribution in [0.15, 0.2) is 59.8 Å². The summed E-state index contributed by atoms with van der Waals surface area (Å²) in [6.07, 6.45) is 3.57. The van der Waals surface area contributed by atoms with Gasteiger partial charge in [0.1, 0.15) is 0 Å². The molecule has 0 saturated carbocycles. The normalized spacial score (nSPS) is 17.5. The fraction of sp³-hybridized carbons (Fsp3) is 0.312.